The third-order valence-electron chi connectivity index (χ3n) is 4.02. The average Bonchev–Trinajstić information content (AvgIpc) is 2.73. The Balaban J connectivity index is 2.22. The molecule has 3 rings (SSSR count). The topological polar surface area (TPSA) is 27.1 Å². The van der Waals surface area contributed by atoms with Crippen LogP contribution < -0.4 is 4.74 Å². The second-order valence-electron chi connectivity index (χ2n) is 5.20. The molecule has 1 aliphatic carbocycles. The van der Waals surface area contributed by atoms with Crippen molar-refractivity contribution in [3.05, 3.63) is 24.0 Å². The van der Waals surface area contributed by atoms with Crippen molar-refractivity contribution in [2.75, 3.05) is 7.11 Å². The number of rotatable bonds is 3. The van der Waals surface area contributed by atoms with Crippen LogP contribution in [0.2, 0.25) is 0 Å². The Morgan fingerprint density at radius 3 is 2.78 bits per heavy atom. The molecule has 0 amide bonds. The molecule has 0 N–H and O–H groups in total. The van der Waals surface area contributed by atoms with Gasteiger partial charge in [0.25, 0.3) is 0 Å². The number of methoxy groups -OCH3 is 1. The molecule has 0 aliphatic heterocycles. The summed E-state index contributed by atoms with van der Waals surface area (Å²) in [6.07, 6.45) is 3.69. The molecule has 0 spiro atoms. The van der Waals surface area contributed by atoms with Crippen molar-refractivity contribution >= 4 is 22.6 Å². The van der Waals surface area contributed by atoms with E-state index in [1.165, 1.54) is 19.3 Å². The van der Waals surface area contributed by atoms with Crippen molar-refractivity contribution < 1.29 is 4.74 Å². The summed E-state index contributed by atoms with van der Waals surface area (Å²) in [6.45, 7) is 2.29. The summed E-state index contributed by atoms with van der Waals surface area (Å²) < 4.78 is 7.57. The lowest BCUT2D eigenvalue weighted by molar-refractivity contribution is 0.171. The average molecular weight is 265 g/mol. The van der Waals surface area contributed by atoms with Crippen molar-refractivity contribution in [2.45, 2.75) is 37.6 Å². The predicted octanol–water partition coefficient (Wildman–Crippen LogP) is 3.68. The molecule has 0 atom stereocenters. The number of fused-ring (bicyclic) bond motifs is 1. The standard InChI is InChI=1S/C14H17ClN2O/c1-14(6-3-7-14)17-12-5-4-10(18-2)8-11(12)16-13(17)9-15/h4-5,8H,3,6-7,9H2,1-2H3. The van der Waals surface area contributed by atoms with Crippen molar-refractivity contribution in [1.82, 2.24) is 9.55 Å². The van der Waals surface area contributed by atoms with E-state index in [0.717, 1.165) is 22.6 Å². The van der Waals surface area contributed by atoms with Gasteiger partial charge in [-0.3, -0.25) is 0 Å². The number of hydrogen-bond donors (Lipinski definition) is 0. The quantitative estimate of drug-likeness (QED) is 0.791. The highest BCUT2D eigenvalue weighted by molar-refractivity contribution is 6.16. The van der Waals surface area contributed by atoms with E-state index in [9.17, 15) is 0 Å². The molecule has 1 aromatic heterocycles. The van der Waals surface area contributed by atoms with Gasteiger partial charge in [0.05, 0.1) is 24.0 Å². The summed E-state index contributed by atoms with van der Waals surface area (Å²) in [4.78, 5) is 4.64. The second kappa shape index (κ2) is 4.16. The number of halogens is 1. The van der Waals surface area contributed by atoms with Gasteiger partial charge in [-0.1, -0.05) is 0 Å². The van der Waals surface area contributed by atoms with Gasteiger partial charge in [0.2, 0.25) is 0 Å². The SMILES string of the molecule is COc1ccc2c(c1)nc(CCl)n2C1(C)CCC1. The van der Waals surface area contributed by atoms with E-state index >= 15 is 0 Å². The molecule has 4 heteroatoms. The number of benzene rings is 1. The fourth-order valence-electron chi connectivity index (χ4n) is 2.84. The maximum atomic E-state index is 6.05. The zero-order valence-electron chi connectivity index (χ0n) is 10.7. The molecule has 1 fully saturated rings. The lowest BCUT2D eigenvalue weighted by atomic mass is 9.78. The Bertz CT molecular complexity index is 587. The van der Waals surface area contributed by atoms with E-state index in [1.54, 1.807) is 7.11 Å². The first-order valence-corrected chi connectivity index (χ1v) is 6.83. The molecule has 0 saturated heterocycles. The Morgan fingerprint density at radius 1 is 1.44 bits per heavy atom. The Morgan fingerprint density at radius 2 is 2.22 bits per heavy atom. The smallest absolute Gasteiger partial charge is 0.125 e. The third kappa shape index (κ3) is 1.61. The number of imidazole rings is 1. The van der Waals surface area contributed by atoms with Crippen molar-refractivity contribution in [3.63, 3.8) is 0 Å². The highest BCUT2D eigenvalue weighted by Crippen LogP contribution is 2.42. The first-order valence-electron chi connectivity index (χ1n) is 6.30. The van der Waals surface area contributed by atoms with E-state index in [1.807, 2.05) is 12.1 Å². The molecular formula is C14H17ClN2O. The minimum atomic E-state index is 0.188. The Kier molecular flexibility index (Phi) is 2.74. The normalized spacial score (nSPS) is 17.7. The summed E-state index contributed by atoms with van der Waals surface area (Å²) in [7, 11) is 1.67. The zero-order valence-corrected chi connectivity index (χ0v) is 11.5. The molecule has 1 saturated carbocycles. The minimum Gasteiger partial charge on any atom is -0.497 e. The van der Waals surface area contributed by atoms with Crippen LogP contribution in [0.5, 0.6) is 5.75 Å². The van der Waals surface area contributed by atoms with Gasteiger partial charge in [-0.15, -0.1) is 11.6 Å². The molecule has 0 radical (unpaired) electrons. The lowest BCUT2D eigenvalue weighted by Crippen LogP contribution is -2.38. The summed E-state index contributed by atoms with van der Waals surface area (Å²) in [5, 5.41) is 0. The van der Waals surface area contributed by atoms with E-state index in [0.29, 0.717) is 5.88 Å². The van der Waals surface area contributed by atoms with Crippen LogP contribution in [0.4, 0.5) is 0 Å². The molecule has 96 valence electrons. The maximum Gasteiger partial charge on any atom is 0.125 e. The van der Waals surface area contributed by atoms with Crippen molar-refractivity contribution in [3.8, 4) is 5.75 Å². The van der Waals surface area contributed by atoms with Crippen LogP contribution >= 0.6 is 11.6 Å². The molecular weight excluding hydrogens is 248 g/mol. The van der Waals surface area contributed by atoms with Crippen molar-refractivity contribution in [1.29, 1.82) is 0 Å². The summed E-state index contributed by atoms with van der Waals surface area (Å²) in [6, 6.07) is 6.05. The van der Waals surface area contributed by atoms with Crippen LogP contribution in [0.1, 0.15) is 32.0 Å². The highest BCUT2D eigenvalue weighted by atomic mass is 35.5. The first-order chi connectivity index (χ1) is 8.68. The van der Waals surface area contributed by atoms with Gasteiger partial charge >= 0.3 is 0 Å². The largest absolute Gasteiger partial charge is 0.497 e. The van der Waals surface area contributed by atoms with Crippen LogP contribution in [0.25, 0.3) is 11.0 Å². The van der Waals surface area contributed by atoms with Gasteiger partial charge in [-0.2, -0.15) is 0 Å². The second-order valence-corrected chi connectivity index (χ2v) is 5.47. The lowest BCUT2D eigenvalue weighted by Gasteiger charge is -2.41. The van der Waals surface area contributed by atoms with Gasteiger partial charge in [0.1, 0.15) is 11.6 Å². The number of alkyl halides is 1. The van der Waals surface area contributed by atoms with Crippen LogP contribution in [-0.2, 0) is 11.4 Å². The van der Waals surface area contributed by atoms with Crippen LogP contribution in [-0.4, -0.2) is 16.7 Å². The molecule has 1 heterocycles. The van der Waals surface area contributed by atoms with Crippen LogP contribution in [0, 0.1) is 0 Å². The van der Waals surface area contributed by atoms with Crippen molar-refractivity contribution in [2.24, 2.45) is 0 Å². The predicted molar refractivity (Wildman–Crippen MR) is 73.3 cm³/mol. The minimum absolute atomic E-state index is 0.188. The van der Waals surface area contributed by atoms with Crippen LogP contribution in [0.15, 0.2) is 18.2 Å². The highest BCUT2D eigenvalue weighted by Gasteiger charge is 2.36. The first kappa shape index (κ1) is 11.8. The molecule has 3 nitrogen and oxygen atoms in total. The number of nitrogens with zero attached hydrogens (tertiary/aromatic N) is 2. The molecule has 1 aromatic carbocycles. The fourth-order valence-corrected chi connectivity index (χ4v) is 3.02. The summed E-state index contributed by atoms with van der Waals surface area (Å²) in [5.41, 5.74) is 2.32. The fraction of sp³-hybridized carbons (Fsp3) is 0.500. The van der Waals surface area contributed by atoms with E-state index < -0.39 is 0 Å². The summed E-state index contributed by atoms with van der Waals surface area (Å²) >= 11 is 6.05. The van der Waals surface area contributed by atoms with Gasteiger partial charge in [0.15, 0.2) is 0 Å². The maximum absolute atomic E-state index is 6.05. The Hall–Kier alpha value is -1.22. The van der Waals surface area contributed by atoms with Crippen LogP contribution in [0.3, 0.4) is 0 Å². The molecule has 0 unspecified atom stereocenters. The van der Waals surface area contributed by atoms with E-state index in [-0.39, 0.29) is 5.54 Å². The summed E-state index contributed by atoms with van der Waals surface area (Å²) in [5.74, 6) is 2.25. The van der Waals surface area contributed by atoms with Gasteiger partial charge < -0.3 is 9.30 Å². The molecule has 2 aromatic rings. The number of hydrogen-bond acceptors (Lipinski definition) is 2. The number of aromatic nitrogens is 2. The van der Waals surface area contributed by atoms with Gasteiger partial charge in [-0.25, -0.2) is 4.98 Å². The van der Waals surface area contributed by atoms with Gasteiger partial charge in [-0.05, 0) is 38.3 Å². The van der Waals surface area contributed by atoms with E-state index in [2.05, 4.69) is 22.5 Å². The zero-order chi connectivity index (χ0) is 12.8. The Labute approximate surface area is 112 Å². The number of ether oxygens (including phenoxy) is 1. The molecule has 0 bridgehead atoms. The molecule has 1 aliphatic rings. The monoisotopic (exact) mass is 264 g/mol. The third-order valence-corrected chi connectivity index (χ3v) is 4.26. The van der Waals surface area contributed by atoms with E-state index in [4.69, 9.17) is 16.3 Å². The van der Waals surface area contributed by atoms with Gasteiger partial charge in [0, 0.05) is 11.6 Å². The molecule has 18 heavy (non-hydrogen) atoms.